The maximum absolute atomic E-state index is 10.8. The van der Waals surface area contributed by atoms with Gasteiger partial charge in [0.05, 0.1) is 27.1 Å². The normalized spacial score (nSPS) is 12.2. The third-order valence-corrected chi connectivity index (χ3v) is 19.4. The summed E-state index contributed by atoms with van der Waals surface area (Å²) >= 11 is 4.72. The minimum atomic E-state index is -1.01. The van der Waals surface area contributed by atoms with Gasteiger partial charge in [-0.1, -0.05) is 123 Å². The molecule has 0 aliphatic carbocycles. The Balaban J connectivity index is 0.000000147. The second kappa shape index (κ2) is 30.8. The largest absolute Gasteiger partial charge is 0.508 e. The number of aromatic hydroxyl groups is 3. The number of carboxylic acids is 3. The van der Waals surface area contributed by atoms with Crippen molar-refractivity contribution >= 4 is 94.3 Å². The number of ether oxygens (including phenoxy) is 3. The highest BCUT2D eigenvalue weighted by molar-refractivity contribution is 7.23. The number of nitriles is 1. The van der Waals surface area contributed by atoms with Gasteiger partial charge >= 0.3 is 17.9 Å². The lowest BCUT2D eigenvalue weighted by atomic mass is 9.96. The number of rotatable bonds is 20. The topological polar surface area (TPSA) is 227 Å². The highest BCUT2D eigenvalue weighted by atomic mass is 32.1. The molecule has 1 saturated heterocycles. The van der Waals surface area contributed by atoms with E-state index < -0.39 is 17.9 Å². The summed E-state index contributed by atoms with van der Waals surface area (Å²) in [4.78, 5) is 37.7. The molecule has 14 nitrogen and oxygen atoms in total. The van der Waals surface area contributed by atoms with E-state index in [-0.39, 0.29) is 30.1 Å². The van der Waals surface area contributed by atoms with Crippen LogP contribution < -0.4 is 14.2 Å². The van der Waals surface area contributed by atoms with Gasteiger partial charge < -0.3 is 44.8 Å². The van der Waals surface area contributed by atoms with Gasteiger partial charge in [-0.25, -0.2) is 9.59 Å². The molecule has 0 radical (unpaired) electrons. The van der Waals surface area contributed by atoms with Crippen LogP contribution in [0.3, 0.4) is 0 Å². The van der Waals surface area contributed by atoms with Gasteiger partial charge in [-0.2, -0.15) is 5.26 Å². The van der Waals surface area contributed by atoms with E-state index in [0.717, 1.165) is 127 Å². The Morgan fingerprint density at radius 2 is 0.906 bits per heavy atom. The number of phenolic OH excluding ortho intramolecular Hbond substituents is 3. The molecule has 1 aliphatic rings. The van der Waals surface area contributed by atoms with E-state index in [9.17, 15) is 35.0 Å². The number of carbonyl (C=O) groups is 3. The third-order valence-electron chi connectivity index (χ3n) is 15.9. The van der Waals surface area contributed by atoms with Crippen molar-refractivity contribution in [1.82, 2.24) is 4.90 Å². The van der Waals surface area contributed by atoms with Gasteiger partial charge in [-0.3, -0.25) is 9.69 Å². The Morgan fingerprint density at radius 3 is 1.33 bits per heavy atom. The molecule has 0 bridgehead atoms. The molecule has 9 aromatic carbocycles. The standard InChI is InChI=1S/C28H25NO4S.C26H24O4S.C25H17NO4S/c30-21-10-13-24-25(17-21)34-28(23-6-2-1-5-20(23)18-29-15-3-4-16-29)27(24)33-22-11-7-19(8-12-22)9-14-26(31)32;1-16(2)20-5-3-4-6-21(20)26-25(22-13-10-18(27)15-23(22)31-26)30-19-11-7-17(8-12-19)9-14-24(28)29;26-14-13-17-3-1-2-4-20(17)25-24(21-11-8-18(27)15-22(21)31-25)30-19-9-5-16(6-10-19)7-12-23(28)29/h1-2,5-14,17,30H,3-4,15-16,18H2,(H,31,32);3-8,10-13,15-16,27H,9,14H2,1-2H3,(H,28,29);1-12,15,27H,13H2,(H,28,29)/b14-9+;;12-7+. The predicted molar refractivity (Wildman–Crippen MR) is 384 cm³/mol. The number of benzene rings is 9. The van der Waals surface area contributed by atoms with Crippen LogP contribution in [0.1, 0.15) is 72.4 Å². The molecule has 13 rings (SSSR count). The van der Waals surface area contributed by atoms with Gasteiger partial charge in [-0.15, -0.1) is 34.0 Å². The lowest BCUT2D eigenvalue weighted by Gasteiger charge is -2.18. The average molecular weight is 1330 g/mol. The third kappa shape index (κ3) is 16.5. The molecule has 6 N–H and O–H groups in total. The number of fused-ring (bicyclic) bond motifs is 3. The summed E-state index contributed by atoms with van der Waals surface area (Å²) in [6, 6.07) is 64.5. The maximum atomic E-state index is 10.8. The molecule has 0 spiro atoms. The molecule has 0 saturated carbocycles. The summed E-state index contributed by atoms with van der Waals surface area (Å²) in [6.45, 7) is 7.50. The minimum Gasteiger partial charge on any atom is -0.508 e. The highest BCUT2D eigenvalue weighted by Crippen LogP contribution is 2.52. The molecule has 17 heteroatoms. The SMILES string of the molecule is CC(C)c1ccccc1-c1sc2cc(O)ccc2c1Oc1ccc(CCC(=O)O)cc1.N#CCc1ccccc1-c1sc2cc(O)ccc2c1Oc1ccc(/C=C/C(=O)O)cc1.O=C(O)/C=C/c1ccc(Oc2c(-c3ccccc3CN3CCCC3)sc3cc(O)ccc23)cc1. The van der Waals surface area contributed by atoms with Gasteiger partial charge in [0.25, 0.3) is 0 Å². The number of aryl methyl sites for hydroxylation is 1. The molecule has 482 valence electrons. The van der Waals surface area contributed by atoms with Crippen LogP contribution in [-0.2, 0) is 33.8 Å². The Bertz CT molecular complexity index is 4880. The number of likely N-dealkylation sites (tertiary alicyclic amines) is 1. The number of phenols is 3. The highest BCUT2D eigenvalue weighted by Gasteiger charge is 2.24. The van der Waals surface area contributed by atoms with Crippen LogP contribution in [-0.4, -0.2) is 66.5 Å². The van der Waals surface area contributed by atoms with Crippen LogP contribution in [0.5, 0.6) is 51.7 Å². The van der Waals surface area contributed by atoms with Gasteiger partial charge in [0, 0.05) is 55.4 Å². The first-order valence-corrected chi connectivity index (χ1v) is 33.5. The van der Waals surface area contributed by atoms with Crippen LogP contribution in [0.2, 0.25) is 0 Å². The Morgan fingerprint density at radius 1 is 0.510 bits per heavy atom. The van der Waals surface area contributed by atoms with Crippen LogP contribution in [0.15, 0.2) is 212 Å². The van der Waals surface area contributed by atoms with Crippen LogP contribution in [0.25, 0.3) is 73.7 Å². The van der Waals surface area contributed by atoms with Crippen molar-refractivity contribution in [3.05, 3.63) is 246 Å². The van der Waals surface area contributed by atoms with E-state index in [2.05, 4.69) is 61.2 Å². The average Bonchev–Trinajstić information content (AvgIpc) is 1.63. The Labute approximate surface area is 566 Å². The number of hydrogen-bond donors (Lipinski definition) is 6. The summed E-state index contributed by atoms with van der Waals surface area (Å²) in [5.41, 5.74) is 9.09. The molecule has 12 aromatic rings. The molecule has 0 amide bonds. The smallest absolute Gasteiger partial charge is 0.328 e. The fourth-order valence-electron chi connectivity index (χ4n) is 11.2. The van der Waals surface area contributed by atoms with Crippen LogP contribution in [0.4, 0.5) is 0 Å². The molecule has 1 aliphatic heterocycles. The number of nitrogens with zero attached hydrogens (tertiary/aromatic N) is 2. The molecule has 0 atom stereocenters. The Kier molecular flexibility index (Phi) is 21.3. The lowest BCUT2D eigenvalue weighted by molar-refractivity contribution is -0.137. The summed E-state index contributed by atoms with van der Waals surface area (Å²) < 4.78 is 21.9. The van der Waals surface area contributed by atoms with E-state index >= 15 is 0 Å². The first kappa shape index (κ1) is 66.5. The summed E-state index contributed by atoms with van der Waals surface area (Å²) in [6.07, 6.45) is 8.63. The first-order valence-electron chi connectivity index (χ1n) is 31.0. The van der Waals surface area contributed by atoms with Crippen molar-refractivity contribution < 1.29 is 59.2 Å². The van der Waals surface area contributed by atoms with Crippen molar-refractivity contribution in [3.8, 4) is 89.1 Å². The quantitative estimate of drug-likeness (QED) is 0.0390. The lowest BCUT2D eigenvalue weighted by Crippen LogP contribution is -2.18. The zero-order chi connectivity index (χ0) is 67.2. The van der Waals surface area contributed by atoms with Crippen molar-refractivity contribution in [2.75, 3.05) is 13.1 Å². The van der Waals surface area contributed by atoms with Crippen molar-refractivity contribution in [3.63, 3.8) is 0 Å². The van der Waals surface area contributed by atoms with E-state index in [0.29, 0.717) is 35.3 Å². The van der Waals surface area contributed by atoms with Crippen LogP contribution in [0, 0.1) is 11.3 Å². The second-order valence-electron chi connectivity index (χ2n) is 23.0. The maximum Gasteiger partial charge on any atom is 0.328 e. The van der Waals surface area contributed by atoms with Gasteiger partial charge in [0.2, 0.25) is 0 Å². The van der Waals surface area contributed by atoms with Crippen molar-refractivity contribution in [1.29, 1.82) is 5.26 Å². The predicted octanol–water partition coefficient (Wildman–Crippen LogP) is 20.2. The molecule has 1 fully saturated rings. The number of thiophene rings is 3. The van der Waals surface area contributed by atoms with Gasteiger partial charge in [-0.05, 0) is 191 Å². The van der Waals surface area contributed by atoms with Crippen LogP contribution >= 0.6 is 34.0 Å². The zero-order valence-corrected chi connectivity index (χ0v) is 54.8. The zero-order valence-electron chi connectivity index (χ0n) is 52.3. The minimum absolute atomic E-state index is 0.106. The molecule has 0 unspecified atom stereocenters. The molecule has 3 aromatic heterocycles. The number of carboxylic acid groups (broad SMARTS) is 3. The summed E-state index contributed by atoms with van der Waals surface area (Å²) in [5.74, 6) is 2.34. The fraction of sp³-hybridized carbons (Fsp3) is 0.139. The van der Waals surface area contributed by atoms with Crippen molar-refractivity contribution in [2.24, 2.45) is 0 Å². The van der Waals surface area contributed by atoms with Crippen molar-refractivity contribution in [2.45, 2.75) is 58.4 Å². The summed E-state index contributed by atoms with van der Waals surface area (Å²) in [7, 11) is 0. The van der Waals surface area contributed by atoms with Gasteiger partial charge in [0.15, 0.2) is 17.2 Å². The molecule has 96 heavy (non-hydrogen) atoms. The monoisotopic (exact) mass is 1330 g/mol. The molecular formula is C79H66N2O12S3. The van der Waals surface area contributed by atoms with E-state index in [4.69, 9.17) is 29.5 Å². The molecule has 4 heterocycles. The van der Waals surface area contributed by atoms with E-state index in [1.807, 2.05) is 103 Å². The van der Waals surface area contributed by atoms with E-state index in [1.165, 1.54) is 41.4 Å². The first-order chi connectivity index (χ1) is 46.5. The Hall–Kier alpha value is -11.0. The molecular weight excluding hydrogens is 1270 g/mol. The van der Waals surface area contributed by atoms with E-state index in [1.54, 1.807) is 89.4 Å². The van der Waals surface area contributed by atoms with Gasteiger partial charge in [0.1, 0.15) is 34.5 Å². The fourth-order valence-corrected chi connectivity index (χ4v) is 14.9. The second-order valence-corrected chi connectivity index (χ2v) is 26.2. The summed E-state index contributed by atoms with van der Waals surface area (Å²) in [5, 5.41) is 68.4. The number of aliphatic carboxylic acids is 3. The number of hydrogen-bond acceptors (Lipinski definition) is 14.